The molecule has 0 aliphatic carbocycles. The Morgan fingerprint density at radius 3 is 2.79 bits per heavy atom. The van der Waals surface area contributed by atoms with Crippen molar-refractivity contribution in [1.29, 1.82) is 0 Å². The van der Waals surface area contributed by atoms with E-state index in [1.807, 2.05) is 18.2 Å². The smallest absolute Gasteiger partial charge is 0.314 e. The molecule has 0 unspecified atom stereocenters. The maximum absolute atomic E-state index is 11.4. The lowest BCUT2D eigenvalue weighted by atomic mass is 10.2. The van der Waals surface area contributed by atoms with Crippen LogP contribution < -0.4 is 15.4 Å². The highest BCUT2D eigenvalue weighted by molar-refractivity contribution is 5.73. The van der Waals surface area contributed by atoms with Crippen molar-refractivity contribution in [2.75, 3.05) is 19.7 Å². The van der Waals surface area contributed by atoms with E-state index in [-0.39, 0.29) is 6.03 Å². The predicted octanol–water partition coefficient (Wildman–Crippen LogP) is 2.58. The third kappa shape index (κ3) is 6.70. The van der Waals surface area contributed by atoms with Gasteiger partial charge in [-0.1, -0.05) is 32.9 Å². The number of hydrogen-bond acceptors (Lipinski definition) is 2. The van der Waals surface area contributed by atoms with E-state index >= 15 is 0 Å². The molecule has 0 saturated heterocycles. The summed E-state index contributed by atoms with van der Waals surface area (Å²) in [6, 6.07) is 7.87. The summed E-state index contributed by atoms with van der Waals surface area (Å²) in [6.45, 7) is 7.89. The van der Waals surface area contributed by atoms with Crippen molar-refractivity contribution in [3.05, 3.63) is 29.8 Å². The van der Waals surface area contributed by atoms with Crippen LogP contribution in [0.4, 0.5) is 4.79 Å². The fraction of sp³-hybridized carbons (Fsp3) is 0.533. The SMILES string of the molecule is CCc1cccc(OCCNC(=O)NCC(C)C)c1. The second kappa shape index (κ2) is 8.40. The number of hydrogen-bond donors (Lipinski definition) is 2. The van der Waals surface area contributed by atoms with Crippen LogP contribution >= 0.6 is 0 Å². The first-order valence-electron chi connectivity index (χ1n) is 6.85. The molecular formula is C15H24N2O2. The maximum Gasteiger partial charge on any atom is 0.314 e. The second-order valence-electron chi connectivity index (χ2n) is 4.88. The largest absolute Gasteiger partial charge is 0.492 e. The highest BCUT2D eigenvalue weighted by Gasteiger charge is 2.01. The van der Waals surface area contributed by atoms with Crippen LogP contribution in [0.25, 0.3) is 0 Å². The molecule has 19 heavy (non-hydrogen) atoms. The van der Waals surface area contributed by atoms with Crippen molar-refractivity contribution in [3.63, 3.8) is 0 Å². The summed E-state index contributed by atoms with van der Waals surface area (Å²) >= 11 is 0. The van der Waals surface area contributed by atoms with Gasteiger partial charge in [0.15, 0.2) is 0 Å². The molecule has 0 bridgehead atoms. The Hall–Kier alpha value is -1.71. The summed E-state index contributed by atoms with van der Waals surface area (Å²) < 4.78 is 5.58. The molecule has 4 heteroatoms. The van der Waals surface area contributed by atoms with Crippen LogP contribution in [0, 0.1) is 5.92 Å². The highest BCUT2D eigenvalue weighted by Crippen LogP contribution is 2.13. The highest BCUT2D eigenvalue weighted by atomic mass is 16.5. The number of nitrogens with one attached hydrogen (secondary N) is 2. The van der Waals surface area contributed by atoms with Crippen LogP contribution in [-0.4, -0.2) is 25.7 Å². The van der Waals surface area contributed by atoms with Crippen molar-refractivity contribution in [1.82, 2.24) is 10.6 Å². The molecule has 0 aliphatic heterocycles. The van der Waals surface area contributed by atoms with E-state index in [0.717, 1.165) is 12.2 Å². The van der Waals surface area contributed by atoms with Gasteiger partial charge in [0, 0.05) is 6.54 Å². The van der Waals surface area contributed by atoms with Gasteiger partial charge in [0.05, 0.1) is 6.54 Å². The van der Waals surface area contributed by atoms with Crippen LogP contribution in [0.5, 0.6) is 5.75 Å². The van der Waals surface area contributed by atoms with Gasteiger partial charge in [-0.2, -0.15) is 0 Å². The average molecular weight is 264 g/mol. The molecule has 0 aromatic heterocycles. The first kappa shape index (κ1) is 15.3. The zero-order valence-electron chi connectivity index (χ0n) is 12.0. The number of ether oxygens (including phenoxy) is 1. The lowest BCUT2D eigenvalue weighted by Crippen LogP contribution is -2.39. The van der Waals surface area contributed by atoms with Gasteiger partial charge in [-0.3, -0.25) is 0 Å². The van der Waals surface area contributed by atoms with E-state index in [1.54, 1.807) is 0 Å². The number of aryl methyl sites for hydroxylation is 1. The maximum atomic E-state index is 11.4. The van der Waals surface area contributed by atoms with Crippen LogP contribution in [-0.2, 0) is 6.42 Å². The molecule has 0 heterocycles. The number of carbonyl (C=O) groups is 1. The minimum atomic E-state index is -0.139. The monoisotopic (exact) mass is 264 g/mol. The topological polar surface area (TPSA) is 50.4 Å². The lowest BCUT2D eigenvalue weighted by Gasteiger charge is -2.10. The number of amides is 2. The molecule has 0 fully saturated rings. The van der Waals surface area contributed by atoms with Gasteiger partial charge in [0.25, 0.3) is 0 Å². The first-order chi connectivity index (χ1) is 9.11. The molecule has 0 spiro atoms. The molecule has 0 atom stereocenters. The predicted molar refractivity (Wildman–Crippen MR) is 77.6 cm³/mol. The van der Waals surface area contributed by atoms with Gasteiger partial charge in [0.1, 0.15) is 12.4 Å². The van der Waals surface area contributed by atoms with Crippen molar-refractivity contribution < 1.29 is 9.53 Å². The molecule has 0 saturated carbocycles. The van der Waals surface area contributed by atoms with Crippen molar-refractivity contribution in [2.24, 2.45) is 5.92 Å². The Kier molecular flexibility index (Phi) is 6.79. The number of urea groups is 1. The molecule has 1 aromatic carbocycles. The molecule has 2 amide bonds. The van der Waals surface area contributed by atoms with E-state index < -0.39 is 0 Å². The Morgan fingerprint density at radius 1 is 1.32 bits per heavy atom. The quantitative estimate of drug-likeness (QED) is 0.744. The summed E-state index contributed by atoms with van der Waals surface area (Å²) in [7, 11) is 0. The first-order valence-corrected chi connectivity index (χ1v) is 6.85. The summed E-state index contributed by atoms with van der Waals surface area (Å²) in [5, 5.41) is 5.56. The van der Waals surface area contributed by atoms with Crippen LogP contribution in [0.3, 0.4) is 0 Å². The van der Waals surface area contributed by atoms with E-state index in [4.69, 9.17) is 4.74 Å². The second-order valence-corrected chi connectivity index (χ2v) is 4.88. The molecular weight excluding hydrogens is 240 g/mol. The molecule has 1 rings (SSSR count). The van der Waals surface area contributed by atoms with Gasteiger partial charge in [-0.05, 0) is 30.0 Å². The van der Waals surface area contributed by atoms with E-state index in [1.165, 1.54) is 5.56 Å². The fourth-order valence-corrected chi connectivity index (χ4v) is 1.55. The van der Waals surface area contributed by atoms with Gasteiger partial charge in [0.2, 0.25) is 0 Å². The molecule has 2 N–H and O–H groups in total. The van der Waals surface area contributed by atoms with Gasteiger partial charge < -0.3 is 15.4 Å². The molecule has 106 valence electrons. The lowest BCUT2D eigenvalue weighted by molar-refractivity contribution is 0.235. The van der Waals surface area contributed by atoms with Crippen molar-refractivity contribution in [3.8, 4) is 5.75 Å². The molecule has 4 nitrogen and oxygen atoms in total. The molecule has 0 radical (unpaired) electrons. The Labute approximate surface area is 115 Å². The average Bonchev–Trinajstić information content (AvgIpc) is 2.41. The number of benzene rings is 1. The minimum Gasteiger partial charge on any atom is -0.492 e. The third-order valence-electron chi connectivity index (χ3n) is 2.63. The van der Waals surface area contributed by atoms with Gasteiger partial charge in [-0.25, -0.2) is 4.79 Å². The van der Waals surface area contributed by atoms with Gasteiger partial charge in [-0.15, -0.1) is 0 Å². The summed E-state index contributed by atoms with van der Waals surface area (Å²) in [6.07, 6.45) is 0.993. The zero-order chi connectivity index (χ0) is 14.1. The van der Waals surface area contributed by atoms with Crippen LogP contribution in [0.1, 0.15) is 26.3 Å². The van der Waals surface area contributed by atoms with Gasteiger partial charge >= 0.3 is 6.03 Å². The van der Waals surface area contributed by atoms with Crippen LogP contribution in [0.2, 0.25) is 0 Å². The number of carbonyl (C=O) groups excluding carboxylic acids is 1. The van der Waals surface area contributed by atoms with E-state index in [0.29, 0.717) is 25.6 Å². The third-order valence-corrected chi connectivity index (χ3v) is 2.63. The standard InChI is InChI=1S/C15H24N2O2/c1-4-13-6-5-7-14(10-13)19-9-8-16-15(18)17-11-12(2)3/h5-7,10,12H,4,8-9,11H2,1-3H3,(H2,16,17,18). The molecule has 0 aliphatic rings. The Morgan fingerprint density at radius 2 is 2.11 bits per heavy atom. The van der Waals surface area contributed by atoms with Crippen LogP contribution in [0.15, 0.2) is 24.3 Å². The van der Waals surface area contributed by atoms with Crippen molar-refractivity contribution >= 4 is 6.03 Å². The molecule has 1 aromatic rings. The Balaban J connectivity index is 2.18. The summed E-state index contributed by atoms with van der Waals surface area (Å²) in [4.78, 5) is 11.4. The van der Waals surface area contributed by atoms with E-state index in [2.05, 4.69) is 37.5 Å². The van der Waals surface area contributed by atoms with E-state index in [9.17, 15) is 4.79 Å². The minimum absolute atomic E-state index is 0.139. The summed E-state index contributed by atoms with van der Waals surface area (Å²) in [5.41, 5.74) is 1.25. The Bertz CT molecular complexity index is 391. The number of rotatable bonds is 7. The normalized spacial score (nSPS) is 10.3. The zero-order valence-corrected chi connectivity index (χ0v) is 12.0. The fourth-order valence-electron chi connectivity index (χ4n) is 1.55. The van der Waals surface area contributed by atoms with Crippen molar-refractivity contribution in [2.45, 2.75) is 27.2 Å². The summed E-state index contributed by atoms with van der Waals surface area (Å²) in [5.74, 6) is 1.31.